The number of amides is 1. The van der Waals surface area contributed by atoms with E-state index in [1.807, 2.05) is 0 Å². The minimum atomic E-state index is -1.04. The van der Waals surface area contributed by atoms with Crippen LogP contribution in [0.3, 0.4) is 0 Å². The number of carboxylic acids is 1. The van der Waals surface area contributed by atoms with Gasteiger partial charge in [-0.25, -0.2) is 4.79 Å². The van der Waals surface area contributed by atoms with Crippen molar-refractivity contribution in [2.75, 3.05) is 6.61 Å². The second-order valence-corrected chi connectivity index (χ2v) is 6.12. The van der Waals surface area contributed by atoms with Crippen LogP contribution < -0.4 is 10.1 Å². The molecule has 2 N–H and O–H groups in total. The Morgan fingerprint density at radius 1 is 1.43 bits per heavy atom. The Hall–Kier alpha value is -2.04. The molecule has 0 radical (unpaired) electrons. The lowest BCUT2D eigenvalue weighted by molar-refractivity contribution is -0.139. The van der Waals surface area contributed by atoms with Crippen LogP contribution in [0.15, 0.2) is 24.3 Å². The highest BCUT2D eigenvalue weighted by Gasteiger charge is 2.35. The number of carbonyl (C=O) groups excluding carboxylic acids is 1. The maximum Gasteiger partial charge on any atom is 0.341 e. The van der Waals surface area contributed by atoms with Crippen LogP contribution >= 0.6 is 0 Å². The van der Waals surface area contributed by atoms with E-state index in [1.54, 1.807) is 24.3 Å². The highest BCUT2D eigenvalue weighted by Crippen LogP contribution is 2.37. The normalized spacial score (nSPS) is 20.0. The number of benzene rings is 1. The zero-order chi connectivity index (χ0) is 15.5. The number of carboxylic acid groups (broad SMARTS) is 1. The van der Waals surface area contributed by atoms with Crippen LogP contribution in [0, 0.1) is 5.41 Å². The number of carbonyl (C=O) groups is 2. The van der Waals surface area contributed by atoms with Crippen molar-refractivity contribution < 1.29 is 19.4 Å². The molecule has 1 aliphatic rings. The zero-order valence-corrected chi connectivity index (χ0v) is 12.4. The van der Waals surface area contributed by atoms with E-state index >= 15 is 0 Å². The molecule has 2 rings (SSSR count). The highest BCUT2D eigenvalue weighted by molar-refractivity contribution is 5.94. The second-order valence-electron chi connectivity index (χ2n) is 6.12. The van der Waals surface area contributed by atoms with Gasteiger partial charge >= 0.3 is 5.97 Å². The highest BCUT2D eigenvalue weighted by atomic mass is 16.5. The van der Waals surface area contributed by atoms with Crippen LogP contribution in [0.5, 0.6) is 5.75 Å². The largest absolute Gasteiger partial charge is 0.482 e. The van der Waals surface area contributed by atoms with Gasteiger partial charge in [0.2, 0.25) is 0 Å². The first kappa shape index (κ1) is 15.4. The van der Waals surface area contributed by atoms with Crippen LogP contribution in [-0.2, 0) is 4.79 Å². The lowest BCUT2D eigenvalue weighted by Gasteiger charge is -2.27. The van der Waals surface area contributed by atoms with Gasteiger partial charge in [0.15, 0.2) is 6.61 Å². The molecule has 0 saturated heterocycles. The molecule has 1 aliphatic carbocycles. The summed E-state index contributed by atoms with van der Waals surface area (Å²) in [6, 6.07) is 6.77. The Bertz CT molecular complexity index is 539. The third-order valence-corrected chi connectivity index (χ3v) is 4.02. The SMILES string of the molecule is CC1(C)CCCC1NC(=O)c1cccc(OCC(=O)O)c1. The zero-order valence-electron chi connectivity index (χ0n) is 12.4. The molecule has 1 aromatic carbocycles. The van der Waals surface area contributed by atoms with Crippen molar-refractivity contribution in [2.24, 2.45) is 5.41 Å². The minimum Gasteiger partial charge on any atom is -0.482 e. The van der Waals surface area contributed by atoms with Crippen molar-refractivity contribution in [1.82, 2.24) is 5.32 Å². The van der Waals surface area contributed by atoms with Crippen LogP contribution in [0.1, 0.15) is 43.5 Å². The summed E-state index contributed by atoms with van der Waals surface area (Å²) in [7, 11) is 0. The first-order chi connectivity index (χ1) is 9.88. The van der Waals surface area contributed by atoms with E-state index in [4.69, 9.17) is 9.84 Å². The molecule has 5 heteroatoms. The maximum absolute atomic E-state index is 12.3. The first-order valence-corrected chi connectivity index (χ1v) is 7.14. The van der Waals surface area contributed by atoms with Crippen LogP contribution in [0.2, 0.25) is 0 Å². The topological polar surface area (TPSA) is 75.6 Å². The molecule has 0 bridgehead atoms. The molecule has 0 heterocycles. The van der Waals surface area contributed by atoms with E-state index in [1.165, 1.54) is 0 Å². The van der Waals surface area contributed by atoms with Gasteiger partial charge in [-0.05, 0) is 36.5 Å². The summed E-state index contributed by atoms with van der Waals surface area (Å²) in [5.41, 5.74) is 0.605. The summed E-state index contributed by atoms with van der Waals surface area (Å²) in [4.78, 5) is 22.8. The summed E-state index contributed by atoms with van der Waals surface area (Å²) in [6.07, 6.45) is 3.23. The average Bonchev–Trinajstić information content (AvgIpc) is 2.76. The predicted molar refractivity (Wildman–Crippen MR) is 78.5 cm³/mol. The number of rotatable bonds is 5. The molecule has 1 fully saturated rings. The molecular formula is C16H21NO4. The molecule has 0 spiro atoms. The maximum atomic E-state index is 12.3. The van der Waals surface area contributed by atoms with Crippen molar-refractivity contribution >= 4 is 11.9 Å². The number of ether oxygens (including phenoxy) is 1. The lowest BCUT2D eigenvalue weighted by atomic mass is 9.87. The summed E-state index contributed by atoms with van der Waals surface area (Å²) in [6.45, 7) is 3.91. The van der Waals surface area contributed by atoms with E-state index < -0.39 is 12.6 Å². The molecule has 1 aromatic rings. The number of hydrogen-bond acceptors (Lipinski definition) is 3. The van der Waals surface area contributed by atoms with Gasteiger partial charge in [0.25, 0.3) is 5.91 Å². The van der Waals surface area contributed by atoms with Gasteiger partial charge in [-0.2, -0.15) is 0 Å². The fraction of sp³-hybridized carbons (Fsp3) is 0.500. The average molecular weight is 291 g/mol. The van der Waals surface area contributed by atoms with E-state index in [0.29, 0.717) is 11.3 Å². The summed E-state index contributed by atoms with van der Waals surface area (Å²) < 4.78 is 5.09. The third kappa shape index (κ3) is 3.97. The van der Waals surface area contributed by atoms with Gasteiger partial charge < -0.3 is 15.2 Å². The van der Waals surface area contributed by atoms with Gasteiger partial charge in [-0.15, -0.1) is 0 Å². The van der Waals surface area contributed by atoms with Crippen LogP contribution in [0.25, 0.3) is 0 Å². The van der Waals surface area contributed by atoms with Crippen molar-refractivity contribution in [3.63, 3.8) is 0 Å². The molecule has 1 unspecified atom stereocenters. The van der Waals surface area contributed by atoms with Crippen molar-refractivity contribution in [3.05, 3.63) is 29.8 Å². The molecule has 5 nitrogen and oxygen atoms in total. The minimum absolute atomic E-state index is 0.118. The van der Waals surface area contributed by atoms with Gasteiger partial charge in [-0.3, -0.25) is 4.79 Å². The molecular weight excluding hydrogens is 270 g/mol. The van der Waals surface area contributed by atoms with Crippen molar-refractivity contribution in [3.8, 4) is 5.75 Å². The standard InChI is InChI=1S/C16H21NO4/c1-16(2)8-4-7-13(16)17-15(20)11-5-3-6-12(9-11)21-10-14(18)19/h3,5-6,9,13H,4,7-8,10H2,1-2H3,(H,17,20)(H,18,19). The predicted octanol–water partition coefficient (Wildman–Crippen LogP) is 2.46. The Labute approximate surface area is 124 Å². The quantitative estimate of drug-likeness (QED) is 0.873. The monoisotopic (exact) mass is 291 g/mol. The lowest BCUT2D eigenvalue weighted by Crippen LogP contribution is -2.41. The van der Waals surface area contributed by atoms with E-state index in [-0.39, 0.29) is 17.4 Å². The Kier molecular flexibility index (Phi) is 4.50. The summed E-state index contributed by atoms with van der Waals surface area (Å²) in [5.74, 6) is -0.802. The molecule has 1 atom stereocenters. The number of aliphatic carboxylic acids is 1. The second kappa shape index (κ2) is 6.16. The van der Waals surface area contributed by atoms with E-state index in [0.717, 1.165) is 19.3 Å². The van der Waals surface area contributed by atoms with Gasteiger partial charge in [0.05, 0.1) is 0 Å². The number of nitrogens with one attached hydrogen (secondary N) is 1. The van der Waals surface area contributed by atoms with E-state index in [9.17, 15) is 9.59 Å². The summed E-state index contributed by atoms with van der Waals surface area (Å²) >= 11 is 0. The van der Waals surface area contributed by atoms with Gasteiger partial charge in [0, 0.05) is 11.6 Å². The van der Waals surface area contributed by atoms with E-state index in [2.05, 4.69) is 19.2 Å². The van der Waals surface area contributed by atoms with Crippen LogP contribution in [-0.4, -0.2) is 29.6 Å². The molecule has 0 aliphatic heterocycles. The van der Waals surface area contributed by atoms with Gasteiger partial charge in [-0.1, -0.05) is 26.3 Å². The Morgan fingerprint density at radius 2 is 2.19 bits per heavy atom. The fourth-order valence-corrected chi connectivity index (χ4v) is 2.71. The first-order valence-electron chi connectivity index (χ1n) is 7.14. The van der Waals surface area contributed by atoms with Crippen molar-refractivity contribution in [2.45, 2.75) is 39.2 Å². The molecule has 0 aromatic heterocycles. The Balaban J connectivity index is 2.02. The fourth-order valence-electron chi connectivity index (χ4n) is 2.71. The van der Waals surface area contributed by atoms with Crippen molar-refractivity contribution in [1.29, 1.82) is 0 Å². The smallest absolute Gasteiger partial charge is 0.341 e. The third-order valence-electron chi connectivity index (χ3n) is 4.02. The molecule has 1 saturated carbocycles. The molecule has 114 valence electrons. The van der Waals surface area contributed by atoms with Crippen LogP contribution in [0.4, 0.5) is 0 Å². The molecule has 1 amide bonds. The Morgan fingerprint density at radius 3 is 2.81 bits per heavy atom. The number of hydrogen-bond donors (Lipinski definition) is 2. The van der Waals surface area contributed by atoms with Gasteiger partial charge in [0.1, 0.15) is 5.75 Å². The summed E-state index contributed by atoms with van der Waals surface area (Å²) in [5, 5.41) is 11.7. The molecule has 21 heavy (non-hydrogen) atoms.